The van der Waals surface area contributed by atoms with Gasteiger partial charge < -0.3 is 10.5 Å². The van der Waals surface area contributed by atoms with E-state index in [9.17, 15) is 4.79 Å². The lowest BCUT2D eigenvalue weighted by Crippen LogP contribution is -2.12. The lowest BCUT2D eigenvalue weighted by molar-refractivity contribution is -0.114. The molecule has 0 aromatic heterocycles. The second-order valence-corrected chi connectivity index (χ2v) is 3.20. The van der Waals surface area contributed by atoms with Crippen molar-refractivity contribution in [2.75, 3.05) is 6.61 Å². The smallest absolute Gasteiger partial charge is 0.259 e. The van der Waals surface area contributed by atoms with E-state index in [1.54, 1.807) is 36.4 Å². The molecule has 0 radical (unpaired) electrons. The monoisotopic (exact) mass is 228 g/mol. The molecule has 0 atom stereocenters. The molecule has 0 saturated heterocycles. The molecule has 0 heterocycles. The van der Waals surface area contributed by atoms with Crippen molar-refractivity contribution in [3.8, 4) is 11.8 Å². The zero-order valence-electron chi connectivity index (χ0n) is 9.22. The first-order valence-corrected chi connectivity index (χ1v) is 4.92. The number of nitriles is 1. The van der Waals surface area contributed by atoms with Gasteiger partial charge in [0.1, 0.15) is 24.0 Å². The quantitative estimate of drug-likeness (QED) is 0.473. The van der Waals surface area contributed by atoms with Gasteiger partial charge in [0.05, 0.1) is 0 Å². The molecular formula is C13H12N2O2. The molecule has 0 spiro atoms. The fourth-order valence-corrected chi connectivity index (χ4v) is 1.14. The summed E-state index contributed by atoms with van der Waals surface area (Å²) in [5.74, 6) is -0.0425. The maximum absolute atomic E-state index is 10.8. The first-order valence-electron chi connectivity index (χ1n) is 4.92. The highest BCUT2D eigenvalue weighted by molar-refractivity contribution is 6.00. The van der Waals surface area contributed by atoms with Crippen LogP contribution in [0.2, 0.25) is 0 Å². The van der Waals surface area contributed by atoms with Crippen molar-refractivity contribution >= 4 is 12.0 Å². The molecule has 0 aliphatic heterocycles. The predicted octanol–water partition coefficient (Wildman–Crippen LogP) is 1.64. The first-order chi connectivity index (χ1) is 8.17. The number of carbonyl (C=O) groups is 1. The lowest BCUT2D eigenvalue weighted by Gasteiger charge is -2.02. The molecule has 0 fully saturated rings. The van der Waals surface area contributed by atoms with Gasteiger partial charge in [-0.1, -0.05) is 24.8 Å². The fourth-order valence-electron chi connectivity index (χ4n) is 1.14. The zero-order chi connectivity index (χ0) is 12.7. The Balaban J connectivity index is 2.84. The highest BCUT2D eigenvalue weighted by atomic mass is 16.5. The van der Waals surface area contributed by atoms with E-state index < -0.39 is 5.91 Å². The Bertz CT molecular complexity index is 481. The van der Waals surface area contributed by atoms with Crippen LogP contribution in [0.1, 0.15) is 5.56 Å². The minimum Gasteiger partial charge on any atom is -0.490 e. The second-order valence-electron chi connectivity index (χ2n) is 3.20. The van der Waals surface area contributed by atoms with Crippen molar-refractivity contribution in [1.29, 1.82) is 5.26 Å². The number of hydrogen-bond acceptors (Lipinski definition) is 3. The van der Waals surface area contributed by atoms with Crippen LogP contribution in [0.3, 0.4) is 0 Å². The Hall–Kier alpha value is -2.54. The van der Waals surface area contributed by atoms with E-state index in [4.69, 9.17) is 15.7 Å². The topological polar surface area (TPSA) is 76.1 Å². The normalized spacial score (nSPS) is 10.4. The van der Waals surface area contributed by atoms with Crippen LogP contribution in [0.15, 0.2) is 42.5 Å². The van der Waals surface area contributed by atoms with Gasteiger partial charge in [0.15, 0.2) is 0 Å². The average molecular weight is 228 g/mol. The van der Waals surface area contributed by atoms with E-state index in [0.29, 0.717) is 17.9 Å². The van der Waals surface area contributed by atoms with Crippen molar-refractivity contribution in [2.24, 2.45) is 5.73 Å². The maximum Gasteiger partial charge on any atom is 0.259 e. The summed E-state index contributed by atoms with van der Waals surface area (Å²) in [6, 6.07) is 8.69. The summed E-state index contributed by atoms with van der Waals surface area (Å²) in [5, 5.41) is 8.67. The molecule has 0 aliphatic carbocycles. The molecular weight excluding hydrogens is 216 g/mol. The Morgan fingerprint density at radius 3 is 2.59 bits per heavy atom. The first kappa shape index (κ1) is 12.5. The molecule has 4 nitrogen and oxygen atoms in total. The van der Waals surface area contributed by atoms with Gasteiger partial charge in [0.2, 0.25) is 0 Å². The van der Waals surface area contributed by atoms with Crippen LogP contribution in [0.25, 0.3) is 6.08 Å². The SMILES string of the molecule is C=CCOc1ccc(C=C(C#N)C(N)=O)cc1. The van der Waals surface area contributed by atoms with E-state index in [-0.39, 0.29) is 5.57 Å². The standard InChI is InChI=1S/C13H12N2O2/c1-2-7-17-12-5-3-10(4-6-12)8-11(9-14)13(15)16/h2-6,8H,1,7H2,(H2,15,16). The van der Waals surface area contributed by atoms with Crippen LogP contribution in [0.5, 0.6) is 5.75 Å². The van der Waals surface area contributed by atoms with Gasteiger partial charge in [0.25, 0.3) is 5.91 Å². The summed E-state index contributed by atoms with van der Waals surface area (Å²) in [7, 11) is 0. The van der Waals surface area contributed by atoms with Crippen LogP contribution in [0.4, 0.5) is 0 Å². The van der Waals surface area contributed by atoms with Gasteiger partial charge in [-0.15, -0.1) is 0 Å². The van der Waals surface area contributed by atoms with E-state index in [2.05, 4.69) is 6.58 Å². The van der Waals surface area contributed by atoms with Gasteiger partial charge in [-0.3, -0.25) is 4.79 Å². The minimum atomic E-state index is -0.737. The van der Waals surface area contributed by atoms with Crippen LogP contribution >= 0.6 is 0 Å². The number of primary amides is 1. The Morgan fingerprint density at radius 2 is 2.12 bits per heavy atom. The van der Waals surface area contributed by atoms with Crippen molar-refractivity contribution in [2.45, 2.75) is 0 Å². The number of amides is 1. The fraction of sp³-hybridized carbons (Fsp3) is 0.0769. The minimum absolute atomic E-state index is 0.0789. The highest BCUT2D eigenvalue weighted by Crippen LogP contribution is 2.14. The van der Waals surface area contributed by atoms with Crippen LogP contribution in [-0.2, 0) is 4.79 Å². The molecule has 0 aliphatic rings. The van der Waals surface area contributed by atoms with Crippen molar-refractivity contribution in [1.82, 2.24) is 0 Å². The molecule has 0 unspecified atom stereocenters. The van der Waals surface area contributed by atoms with Crippen molar-refractivity contribution in [3.05, 3.63) is 48.1 Å². The number of hydrogen-bond donors (Lipinski definition) is 1. The number of nitrogens with two attached hydrogens (primary N) is 1. The van der Waals surface area contributed by atoms with Gasteiger partial charge >= 0.3 is 0 Å². The molecule has 17 heavy (non-hydrogen) atoms. The Kier molecular flexibility index (Phi) is 4.52. The third-order valence-electron chi connectivity index (χ3n) is 1.94. The number of carbonyl (C=O) groups excluding carboxylic acids is 1. The molecule has 0 bridgehead atoms. The van der Waals surface area contributed by atoms with Crippen LogP contribution in [0, 0.1) is 11.3 Å². The maximum atomic E-state index is 10.8. The molecule has 4 heteroatoms. The highest BCUT2D eigenvalue weighted by Gasteiger charge is 2.02. The molecule has 0 saturated carbocycles. The summed E-state index contributed by atoms with van der Waals surface area (Å²) < 4.78 is 5.29. The van der Waals surface area contributed by atoms with E-state index in [1.807, 2.05) is 0 Å². The van der Waals surface area contributed by atoms with Crippen molar-refractivity contribution < 1.29 is 9.53 Å². The molecule has 1 aromatic carbocycles. The Labute approximate surface area is 99.6 Å². The summed E-state index contributed by atoms with van der Waals surface area (Å²) in [6.45, 7) is 3.97. The van der Waals surface area contributed by atoms with Gasteiger partial charge in [-0.05, 0) is 23.8 Å². The second kappa shape index (κ2) is 6.13. The van der Waals surface area contributed by atoms with E-state index in [1.165, 1.54) is 6.08 Å². The van der Waals surface area contributed by atoms with Gasteiger partial charge in [-0.25, -0.2) is 0 Å². The number of nitrogens with zero attached hydrogens (tertiary/aromatic N) is 1. The molecule has 86 valence electrons. The van der Waals surface area contributed by atoms with Gasteiger partial charge in [-0.2, -0.15) is 5.26 Å². The molecule has 1 rings (SSSR count). The van der Waals surface area contributed by atoms with Crippen LogP contribution in [-0.4, -0.2) is 12.5 Å². The third-order valence-corrected chi connectivity index (χ3v) is 1.94. The summed E-state index contributed by atoms with van der Waals surface area (Å²) in [4.78, 5) is 10.8. The Morgan fingerprint density at radius 1 is 1.47 bits per heavy atom. The lowest BCUT2D eigenvalue weighted by atomic mass is 10.1. The number of ether oxygens (including phenoxy) is 1. The third kappa shape index (κ3) is 3.84. The van der Waals surface area contributed by atoms with E-state index in [0.717, 1.165) is 0 Å². The number of rotatable bonds is 5. The summed E-state index contributed by atoms with van der Waals surface area (Å²) in [6.07, 6.45) is 3.08. The largest absolute Gasteiger partial charge is 0.490 e. The number of benzene rings is 1. The summed E-state index contributed by atoms with van der Waals surface area (Å²) in [5.41, 5.74) is 5.66. The molecule has 2 N–H and O–H groups in total. The molecule has 1 amide bonds. The van der Waals surface area contributed by atoms with Gasteiger partial charge in [0, 0.05) is 0 Å². The molecule has 1 aromatic rings. The summed E-state index contributed by atoms with van der Waals surface area (Å²) >= 11 is 0. The van der Waals surface area contributed by atoms with Crippen LogP contribution < -0.4 is 10.5 Å². The van der Waals surface area contributed by atoms with Crippen molar-refractivity contribution in [3.63, 3.8) is 0 Å². The average Bonchev–Trinajstić information content (AvgIpc) is 2.34. The van der Waals surface area contributed by atoms with E-state index >= 15 is 0 Å². The predicted molar refractivity (Wildman–Crippen MR) is 64.9 cm³/mol. The zero-order valence-corrected chi connectivity index (χ0v) is 9.22.